The molecule has 0 unspecified atom stereocenters. The highest BCUT2D eigenvalue weighted by atomic mass is 15.3. The fourth-order valence-corrected chi connectivity index (χ4v) is 2.52. The monoisotopic (exact) mass is 259 g/mol. The van der Waals surface area contributed by atoms with Crippen LogP contribution < -0.4 is 5.73 Å². The molecule has 0 saturated heterocycles. The molecule has 0 saturated carbocycles. The van der Waals surface area contributed by atoms with Crippen molar-refractivity contribution in [2.75, 3.05) is 5.73 Å². The molecule has 0 fully saturated rings. The summed E-state index contributed by atoms with van der Waals surface area (Å²) >= 11 is 0. The molecule has 0 spiro atoms. The highest BCUT2D eigenvalue weighted by molar-refractivity contribution is 5.51. The number of hydrogen-bond acceptors (Lipinski definition) is 4. The van der Waals surface area contributed by atoms with Gasteiger partial charge in [-0.3, -0.25) is 0 Å². The van der Waals surface area contributed by atoms with Crippen LogP contribution in [0.15, 0.2) is 6.33 Å². The van der Waals surface area contributed by atoms with Crippen LogP contribution in [0.2, 0.25) is 0 Å². The molecule has 0 bridgehead atoms. The SMILES string of the molecule is CCc1c(C)nn(-c2ncnc(N)c2C(C)C)c1C. The molecular weight excluding hydrogens is 238 g/mol. The molecule has 19 heavy (non-hydrogen) atoms. The predicted molar refractivity (Wildman–Crippen MR) is 76.5 cm³/mol. The van der Waals surface area contributed by atoms with E-state index >= 15 is 0 Å². The fourth-order valence-electron chi connectivity index (χ4n) is 2.52. The molecule has 2 heterocycles. The third-order valence-corrected chi connectivity index (χ3v) is 3.47. The smallest absolute Gasteiger partial charge is 0.162 e. The first-order chi connectivity index (χ1) is 8.97. The van der Waals surface area contributed by atoms with Crippen molar-refractivity contribution in [2.45, 2.75) is 47.0 Å². The number of hydrogen-bond donors (Lipinski definition) is 1. The van der Waals surface area contributed by atoms with Crippen LogP contribution in [0.4, 0.5) is 5.82 Å². The van der Waals surface area contributed by atoms with Crippen LogP contribution >= 0.6 is 0 Å². The quantitative estimate of drug-likeness (QED) is 0.919. The second kappa shape index (κ2) is 4.99. The van der Waals surface area contributed by atoms with E-state index in [1.54, 1.807) is 0 Å². The van der Waals surface area contributed by atoms with Crippen LogP contribution in [0.25, 0.3) is 5.82 Å². The van der Waals surface area contributed by atoms with E-state index in [0.29, 0.717) is 5.82 Å². The largest absolute Gasteiger partial charge is 0.383 e. The third-order valence-electron chi connectivity index (χ3n) is 3.47. The average molecular weight is 259 g/mol. The van der Waals surface area contributed by atoms with Gasteiger partial charge in [0.2, 0.25) is 0 Å². The molecule has 5 heteroatoms. The highest BCUT2D eigenvalue weighted by Crippen LogP contribution is 2.27. The third kappa shape index (κ3) is 2.20. The van der Waals surface area contributed by atoms with Gasteiger partial charge in [0.05, 0.1) is 5.69 Å². The summed E-state index contributed by atoms with van der Waals surface area (Å²) in [4.78, 5) is 8.48. The molecule has 2 aromatic rings. The van der Waals surface area contributed by atoms with Crippen molar-refractivity contribution in [1.82, 2.24) is 19.7 Å². The van der Waals surface area contributed by atoms with E-state index in [0.717, 1.165) is 29.2 Å². The number of aryl methyl sites for hydroxylation is 1. The zero-order valence-corrected chi connectivity index (χ0v) is 12.2. The van der Waals surface area contributed by atoms with Gasteiger partial charge in [0, 0.05) is 11.3 Å². The molecule has 2 rings (SSSR count). The molecule has 2 aromatic heterocycles. The van der Waals surface area contributed by atoms with E-state index < -0.39 is 0 Å². The van der Waals surface area contributed by atoms with Crippen molar-refractivity contribution in [2.24, 2.45) is 0 Å². The highest BCUT2D eigenvalue weighted by Gasteiger charge is 2.19. The second-order valence-corrected chi connectivity index (χ2v) is 5.07. The minimum absolute atomic E-state index is 0.255. The van der Waals surface area contributed by atoms with Crippen LogP contribution in [0.1, 0.15) is 49.2 Å². The number of nitrogens with zero attached hydrogens (tertiary/aromatic N) is 4. The zero-order valence-electron chi connectivity index (χ0n) is 12.2. The number of nitrogen functional groups attached to an aromatic ring is 1. The maximum Gasteiger partial charge on any atom is 0.162 e. The molecule has 0 amide bonds. The zero-order chi connectivity index (χ0) is 14.2. The topological polar surface area (TPSA) is 69.6 Å². The summed E-state index contributed by atoms with van der Waals surface area (Å²) in [5.74, 6) is 1.58. The lowest BCUT2D eigenvalue weighted by Gasteiger charge is -2.14. The van der Waals surface area contributed by atoms with Crippen LogP contribution in [-0.2, 0) is 6.42 Å². The summed E-state index contributed by atoms with van der Waals surface area (Å²) in [7, 11) is 0. The Hall–Kier alpha value is -1.91. The number of rotatable bonds is 3. The predicted octanol–water partition coefficient (Wildman–Crippen LogP) is 2.55. The minimum Gasteiger partial charge on any atom is -0.383 e. The maximum absolute atomic E-state index is 5.99. The van der Waals surface area contributed by atoms with Gasteiger partial charge in [0.25, 0.3) is 0 Å². The molecule has 2 N–H and O–H groups in total. The Bertz CT molecular complexity index is 598. The van der Waals surface area contributed by atoms with Crippen molar-refractivity contribution in [1.29, 1.82) is 0 Å². The first-order valence-corrected chi connectivity index (χ1v) is 6.63. The summed E-state index contributed by atoms with van der Waals surface area (Å²) in [6.07, 6.45) is 2.47. The van der Waals surface area contributed by atoms with Gasteiger partial charge >= 0.3 is 0 Å². The van der Waals surface area contributed by atoms with E-state index in [4.69, 9.17) is 5.73 Å². The van der Waals surface area contributed by atoms with Crippen LogP contribution in [0, 0.1) is 13.8 Å². The van der Waals surface area contributed by atoms with E-state index in [-0.39, 0.29) is 5.92 Å². The summed E-state index contributed by atoms with van der Waals surface area (Å²) in [6, 6.07) is 0. The molecular formula is C14H21N5. The lowest BCUT2D eigenvalue weighted by Crippen LogP contribution is -2.11. The Labute approximate surface area is 113 Å². The van der Waals surface area contributed by atoms with Gasteiger partial charge in [0.15, 0.2) is 5.82 Å². The molecule has 102 valence electrons. The van der Waals surface area contributed by atoms with E-state index in [9.17, 15) is 0 Å². The van der Waals surface area contributed by atoms with Crippen molar-refractivity contribution in [3.63, 3.8) is 0 Å². The van der Waals surface area contributed by atoms with Crippen molar-refractivity contribution < 1.29 is 0 Å². The molecule has 5 nitrogen and oxygen atoms in total. The van der Waals surface area contributed by atoms with Crippen molar-refractivity contribution >= 4 is 5.82 Å². The number of nitrogens with two attached hydrogens (primary N) is 1. The molecule has 0 atom stereocenters. The van der Waals surface area contributed by atoms with Gasteiger partial charge in [-0.05, 0) is 31.7 Å². The Morgan fingerprint density at radius 2 is 1.95 bits per heavy atom. The summed E-state index contributed by atoms with van der Waals surface area (Å²) in [5, 5.41) is 4.61. The molecule has 0 aliphatic carbocycles. The van der Waals surface area contributed by atoms with Crippen LogP contribution in [-0.4, -0.2) is 19.7 Å². The van der Waals surface area contributed by atoms with E-state index in [1.165, 1.54) is 11.9 Å². The Morgan fingerprint density at radius 3 is 2.47 bits per heavy atom. The Morgan fingerprint density at radius 1 is 1.26 bits per heavy atom. The first-order valence-electron chi connectivity index (χ1n) is 6.63. The second-order valence-electron chi connectivity index (χ2n) is 5.07. The summed E-state index contributed by atoms with van der Waals surface area (Å²) in [5.41, 5.74) is 10.4. The molecule has 0 radical (unpaired) electrons. The molecule has 0 aliphatic heterocycles. The van der Waals surface area contributed by atoms with Gasteiger partial charge < -0.3 is 5.73 Å². The molecule has 0 aromatic carbocycles. The molecule has 0 aliphatic rings. The number of anilines is 1. The minimum atomic E-state index is 0.255. The fraction of sp³-hybridized carbons (Fsp3) is 0.500. The standard InChI is InChI=1S/C14H21N5/c1-6-11-9(4)18-19(10(11)5)14-12(8(2)3)13(15)16-7-17-14/h7-8H,6H2,1-5H3,(H2,15,16,17). The van der Waals surface area contributed by atoms with Gasteiger partial charge in [0.1, 0.15) is 12.1 Å². The van der Waals surface area contributed by atoms with Crippen LogP contribution in [0.5, 0.6) is 0 Å². The van der Waals surface area contributed by atoms with Gasteiger partial charge in [-0.1, -0.05) is 20.8 Å². The first kappa shape index (κ1) is 13.5. The van der Waals surface area contributed by atoms with Crippen LogP contribution in [0.3, 0.4) is 0 Å². The lowest BCUT2D eigenvalue weighted by atomic mass is 10.0. The van der Waals surface area contributed by atoms with Crippen molar-refractivity contribution in [3.05, 3.63) is 28.8 Å². The van der Waals surface area contributed by atoms with E-state index in [1.807, 2.05) is 11.6 Å². The van der Waals surface area contributed by atoms with Gasteiger partial charge in [-0.25, -0.2) is 14.6 Å². The summed E-state index contributed by atoms with van der Waals surface area (Å²) in [6.45, 7) is 10.4. The Balaban J connectivity index is 2.69. The summed E-state index contributed by atoms with van der Waals surface area (Å²) < 4.78 is 1.89. The lowest BCUT2D eigenvalue weighted by molar-refractivity contribution is 0.755. The van der Waals surface area contributed by atoms with Gasteiger partial charge in [-0.2, -0.15) is 5.10 Å². The maximum atomic E-state index is 5.99. The van der Waals surface area contributed by atoms with Crippen molar-refractivity contribution in [3.8, 4) is 5.82 Å². The van der Waals surface area contributed by atoms with E-state index in [2.05, 4.69) is 42.8 Å². The Kier molecular flexibility index (Phi) is 3.55. The van der Waals surface area contributed by atoms with Gasteiger partial charge in [-0.15, -0.1) is 0 Å². The normalized spacial score (nSPS) is 11.3. The number of aromatic nitrogens is 4. The average Bonchev–Trinajstić information content (AvgIpc) is 2.63.